The fraction of sp³-hybridized carbons (Fsp3) is 0.333. The van der Waals surface area contributed by atoms with Gasteiger partial charge in [0.05, 0.1) is 16.1 Å². The molecular weight excluding hydrogens is 322 g/mol. The quantitative estimate of drug-likeness (QED) is 0.690. The molecule has 0 fully saturated rings. The Morgan fingerprint density at radius 1 is 0.750 bits per heavy atom. The average Bonchev–Trinajstić information content (AvgIpc) is 2.52. The molecule has 0 bridgehead atoms. The van der Waals surface area contributed by atoms with E-state index in [9.17, 15) is 0 Å². The van der Waals surface area contributed by atoms with E-state index in [0.29, 0.717) is 0 Å². The van der Waals surface area contributed by atoms with Crippen molar-refractivity contribution in [2.75, 3.05) is 0 Å². The molecule has 0 saturated carbocycles. The maximum Gasteiger partial charge on any atom is 0.0689 e. The number of benzene rings is 2. The van der Waals surface area contributed by atoms with Crippen molar-refractivity contribution in [3.8, 4) is 0 Å². The van der Waals surface area contributed by atoms with Crippen LogP contribution >= 0.6 is 0 Å². The smallest absolute Gasteiger partial charge is 0.0689 e. The maximum atomic E-state index is 7.11. The first-order valence-corrected chi connectivity index (χ1v) is 15.6. The van der Waals surface area contributed by atoms with E-state index >= 15 is 0 Å². The van der Waals surface area contributed by atoms with Gasteiger partial charge in [-0.15, -0.1) is 0 Å². The van der Waals surface area contributed by atoms with E-state index in [0.717, 1.165) is 5.57 Å². The summed E-state index contributed by atoms with van der Waals surface area (Å²) in [7, 11) is -3.16. The molecule has 2 aromatic rings. The third-order valence-electron chi connectivity index (χ3n) is 5.18. The zero-order valence-electron chi connectivity index (χ0n) is 16.0. The Morgan fingerprint density at radius 3 is 1.58 bits per heavy atom. The lowest BCUT2D eigenvalue weighted by Gasteiger charge is -2.49. The zero-order chi connectivity index (χ0) is 18.2. The molecule has 0 amide bonds. The summed E-state index contributed by atoms with van der Waals surface area (Å²) in [5, 5.41) is 0. The summed E-state index contributed by atoms with van der Waals surface area (Å²) in [4.78, 5) is -0.146. The summed E-state index contributed by atoms with van der Waals surface area (Å²) in [6, 6.07) is 19.2. The fourth-order valence-corrected chi connectivity index (χ4v) is 14.8. The molecule has 0 spiro atoms. The van der Waals surface area contributed by atoms with Gasteiger partial charge in [0.15, 0.2) is 0 Å². The van der Waals surface area contributed by atoms with Crippen LogP contribution in [0.4, 0.5) is 0 Å². The molecule has 0 radical (unpaired) electrons. The van der Waals surface area contributed by atoms with Crippen LogP contribution in [0.3, 0.4) is 0 Å². The molecule has 128 valence electrons. The van der Waals surface area contributed by atoms with Gasteiger partial charge in [-0.05, 0) is 22.3 Å². The average molecular weight is 354 g/mol. The molecule has 0 heterocycles. The first-order chi connectivity index (χ1) is 11.0. The van der Waals surface area contributed by atoms with Gasteiger partial charge < -0.3 is 5.73 Å². The highest BCUT2D eigenvalue weighted by Gasteiger charge is 2.50. The summed E-state index contributed by atoms with van der Waals surface area (Å²) in [6.45, 7) is 18.6. The Hall–Kier alpha value is -1.43. The van der Waals surface area contributed by atoms with Gasteiger partial charge in [0, 0.05) is 4.79 Å². The van der Waals surface area contributed by atoms with Crippen LogP contribution in [0.2, 0.25) is 39.3 Å². The molecule has 0 aromatic heterocycles. The highest BCUT2D eigenvalue weighted by Crippen LogP contribution is 2.38. The molecule has 2 aromatic carbocycles. The monoisotopic (exact) mass is 353 g/mol. The zero-order valence-corrected chi connectivity index (χ0v) is 18.0. The minimum atomic E-state index is -1.58. The Kier molecular flexibility index (Phi) is 5.10. The fourth-order valence-electron chi connectivity index (χ4n) is 3.73. The maximum absolute atomic E-state index is 7.11. The van der Waals surface area contributed by atoms with Crippen molar-refractivity contribution in [3.63, 3.8) is 0 Å². The second-order valence-electron chi connectivity index (χ2n) is 8.73. The van der Waals surface area contributed by atoms with Crippen LogP contribution in [0.25, 0.3) is 5.57 Å². The molecule has 3 heteroatoms. The molecule has 2 rings (SSSR count). The van der Waals surface area contributed by atoms with Crippen LogP contribution in [-0.2, 0) is 4.79 Å². The van der Waals surface area contributed by atoms with Crippen LogP contribution < -0.4 is 5.73 Å². The van der Waals surface area contributed by atoms with Gasteiger partial charge in [-0.25, -0.2) is 0 Å². The third-order valence-corrected chi connectivity index (χ3v) is 15.0. The molecule has 2 N–H and O–H groups in total. The molecule has 0 saturated heterocycles. The number of nitrogens with two attached hydrogens (primary N) is 1. The van der Waals surface area contributed by atoms with Crippen molar-refractivity contribution in [2.45, 2.75) is 44.1 Å². The molecular formula is C21H31NSi2. The van der Waals surface area contributed by atoms with Crippen LogP contribution in [0, 0.1) is 0 Å². The second kappa shape index (κ2) is 6.47. The van der Waals surface area contributed by atoms with Crippen molar-refractivity contribution in [1.29, 1.82) is 0 Å². The van der Waals surface area contributed by atoms with Gasteiger partial charge in [0.1, 0.15) is 0 Å². The summed E-state index contributed by atoms with van der Waals surface area (Å²) < 4.78 is 0. The van der Waals surface area contributed by atoms with Crippen molar-refractivity contribution < 1.29 is 0 Å². The van der Waals surface area contributed by atoms with Gasteiger partial charge in [-0.1, -0.05) is 100 Å². The molecule has 0 aliphatic rings. The highest BCUT2D eigenvalue weighted by atomic mass is 28.4. The van der Waals surface area contributed by atoms with Gasteiger partial charge in [-0.3, -0.25) is 0 Å². The van der Waals surface area contributed by atoms with E-state index in [2.05, 4.69) is 94.4 Å². The normalized spacial score (nSPS) is 13.0. The summed E-state index contributed by atoms with van der Waals surface area (Å²) >= 11 is 0. The van der Waals surface area contributed by atoms with Crippen LogP contribution in [-0.4, -0.2) is 16.1 Å². The Labute approximate surface area is 149 Å². The number of rotatable bonds is 5. The third kappa shape index (κ3) is 3.34. The lowest BCUT2D eigenvalue weighted by molar-refractivity contribution is 0.813. The van der Waals surface area contributed by atoms with Gasteiger partial charge in [-0.2, -0.15) is 0 Å². The Balaban J connectivity index is 2.43. The number of hydrogen-bond acceptors (Lipinski definition) is 1. The van der Waals surface area contributed by atoms with E-state index in [1.807, 2.05) is 6.07 Å². The van der Waals surface area contributed by atoms with E-state index < -0.39 is 16.1 Å². The Bertz CT molecular complexity index is 690. The van der Waals surface area contributed by atoms with Gasteiger partial charge in [0.25, 0.3) is 0 Å². The largest absolute Gasteiger partial charge is 0.326 e. The molecule has 0 aliphatic carbocycles. The first-order valence-electron chi connectivity index (χ1n) is 8.62. The van der Waals surface area contributed by atoms with E-state index in [4.69, 9.17) is 5.73 Å². The Morgan fingerprint density at radius 2 is 1.17 bits per heavy atom. The van der Waals surface area contributed by atoms with Crippen molar-refractivity contribution in [3.05, 3.63) is 77.9 Å². The minimum Gasteiger partial charge on any atom is -0.326 e. The van der Waals surface area contributed by atoms with Crippen molar-refractivity contribution in [1.82, 2.24) is 0 Å². The van der Waals surface area contributed by atoms with Crippen LogP contribution in [0.1, 0.15) is 16.7 Å². The summed E-state index contributed by atoms with van der Waals surface area (Å²) in [5.74, 6) is 0. The summed E-state index contributed by atoms with van der Waals surface area (Å²) in [5.41, 5.74) is 11.8. The lowest BCUT2D eigenvalue weighted by atomic mass is 9.98. The predicted molar refractivity (Wildman–Crippen MR) is 114 cm³/mol. The van der Waals surface area contributed by atoms with Crippen molar-refractivity contribution >= 4 is 21.7 Å². The predicted octanol–water partition coefficient (Wildman–Crippen LogP) is 5.66. The summed E-state index contributed by atoms with van der Waals surface area (Å²) in [6.07, 6.45) is 0. The molecule has 1 nitrogen and oxygen atoms in total. The molecule has 0 unspecified atom stereocenters. The van der Waals surface area contributed by atoms with Crippen molar-refractivity contribution in [2.24, 2.45) is 5.73 Å². The lowest BCUT2D eigenvalue weighted by Crippen LogP contribution is -2.69. The standard InChI is InChI=1S/C21H31NSi2/c1-17(18-11-9-8-10-12-18)19-13-15-20(16-14-19)21(22,23(2,3)4)24(5,6)7/h8-16H,1,22H2,2-7H3. The topological polar surface area (TPSA) is 26.0 Å². The molecule has 24 heavy (non-hydrogen) atoms. The van der Waals surface area contributed by atoms with Gasteiger partial charge >= 0.3 is 0 Å². The van der Waals surface area contributed by atoms with Crippen LogP contribution in [0.5, 0.6) is 0 Å². The van der Waals surface area contributed by atoms with Gasteiger partial charge in [0.2, 0.25) is 0 Å². The second-order valence-corrected chi connectivity index (χ2v) is 19.8. The minimum absolute atomic E-state index is 0.146. The highest BCUT2D eigenvalue weighted by molar-refractivity contribution is 6.98. The molecule has 0 aliphatic heterocycles. The van der Waals surface area contributed by atoms with E-state index in [-0.39, 0.29) is 4.79 Å². The van der Waals surface area contributed by atoms with E-state index in [1.54, 1.807) is 0 Å². The number of hydrogen-bond donors (Lipinski definition) is 1. The first kappa shape index (κ1) is 18.9. The van der Waals surface area contributed by atoms with Crippen LogP contribution in [0.15, 0.2) is 61.2 Å². The molecule has 0 atom stereocenters. The van der Waals surface area contributed by atoms with E-state index in [1.165, 1.54) is 16.7 Å². The SMILES string of the molecule is C=C(c1ccccc1)c1ccc(C(N)([Si](C)(C)C)[Si](C)(C)C)cc1.